The van der Waals surface area contributed by atoms with E-state index in [0.717, 1.165) is 32.5 Å². The number of carbonyl (C=O) groups is 1. The summed E-state index contributed by atoms with van der Waals surface area (Å²) in [5.41, 5.74) is -0.475. The number of esters is 1. The lowest BCUT2D eigenvalue weighted by atomic mass is 9.86. The van der Waals surface area contributed by atoms with Crippen molar-refractivity contribution >= 4 is 5.97 Å². The van der Waals surface area contributed by atoms with E-state index in [1.165, 1.54) is 0 Å². The van der Waals surface area contributed by atoms with E-state index in [9.17, 15) is 4.79 Å². The van der Waals surface area contributed by atoms with Crippen LogP contribution in [0.4, 0.5) is 0 Å². The molecule has 1 fully saturated rings. The molecular formula is C15H30N2O2. The summed E-state index contributed by atoms with van der Waals surface area (Å²) in [5.74, 6) is 0.598. The molecule has 112 valence electrons. The Morgan fingerprint density at radius 1 is 1.26 bits per heavy atom. The van der Waals surface area contributed by atoms with Crippen molar-refractivity contribution in [1.82, 2.24) is 10.2 Å². The number of carbonyl (C=O) groups excluding carboxylic acids is 1. The predicted octanol–water partition coefficient (Wildman–Crippen LogP) is 2.04. The van der Waals surface area contributed by atoms with Gasteiger partial charge in [-0.05, 0) is 39.5 Å². The van der Waals surface area contributed by atoms with E-state index in [4.69, 9.17) is 4.74 Å². The zero-order valence-electron chi connectivity index (χ0n) is 13.2. The Kier molecular flexibility index (Phi) is 6.27. The number of rotatable bonds is 6. The third-order valence-corrected chi connectivity index (χ3v) is 3.56. The molecule has 1 saturated heterocycles. The summed E-state index contributed by atoms with van der Waals surface area (Å²) in [5, 5.41) is 3.45. The Hall–Kier alpha value is -0.610. The van der Waals surface area contributed by atoms with Crippen molar-refractivity contribution in [2.45, 2.75) is 59.0 Å². The van der Waals surface area contributed by atoms with Crippen LogP contribution in [-0.4, -0.2) is 48.7 Å². The summed E-state index contributed by atoms with van der Waals surface area (Å²) in [6.45, 7) is 14.0. The molecule has 0 spiro atoms. The van der Waals surface area contributed by atoms with Gasteiger partial charge in [0.05, 0.1) is 6.61 Å². The zero-order chi connectivity index (χ0) is 14.5. The highest BCUT2D eigenvalue weighted by Gasteiger charge is 2.42. The molecule has 1 aliphatic rings. The second-order valence-electron chi connectivity index (χ2n) is 6.30. The second-order valence-corrected chi connectivity index (χ2v) is 6.30. The van der Waals surface area contributed by atoms with Crippen LogP contribution >= 0.6 is 0 Å². The van der Waals surface area contributed by atoms with E-state index in [1.807, 2.05) is 6.92 Å². The Morgan fingerprint density at radius 3 is 2.26 bits per heavy atom. The number of hydrogen-bond acceptors (Lipinski definition) is 4. The first-order valence-electron chi connectivity index (χ1n) is 7.57. The summed E-state index contributed by atoms with van der Waals surface area (Å²) < 4.78 is 5.28. The third-order valence-electron chi connectivity index (χ3n) is 3.56. The van der Waals surface area contributed by atoms with Gasteiger partial charge in [-0.2, -0.15) is 0 Å². The monoisotopic (exact) mass is 270 g/mol. The number of hydrogen-bond donors (Lipinski definition) is 1. The molecule has 0 bridgehead atoms. The topological polar surface area (TPSA) is 41.6 Å². The molecule has 4 heteroatoms. The van der Waals surface area contributed by atoms with Gasteiger partial charge in [0.25, 0.3) is 0 Å². The fourth-order valence-electron chi connectivity index (χ4n) is 2.86. The van der Waals surface area contributed by atoms with Crippen molar-refractivity contribution < 1.29 is 9.53 Å². The first kappa shape index (κ1) is 16.4. The second kappa shape index (κ2) is 7.25. The summed E-state index contributed by atoms with van der Waals surface area (Å²) in [4.78, 5) is 14.7. The molecule has 0 unspecified atom stereocenters. The van der Waals surface area contributed by atoms with Crippen LogP contribution in [0.5, 0.6) is 0 Å². The van der Waals surface area contributed by atoms with Gasteiger partial charge in [0.2, 0.25) is 0 Å². The summed E-state index contributed by atoms with van der Waals surface area (Å²) >= 11 is 0. The maximum absolute atomic E-state index is 12.3. The molecule has 0 saturated carbocycles. The van der Waals surface area contributed by atoms with Crippen LogP contribution in [0, 0.1) is 5.92 Å². The quantitative estimate of drug-likeness (QED) is 0.750. The van der Waals surface area contributed by atoms with Crippen molar-refractivity contribution in [1.29, 1.82) is 0 Å². The average molecular weight is 270 g/mol. The van der Waals surface area contributed by atoms with Crippen molar-refractivity contribution in [3.8, 4) is 0 Å². The lowest BCUT2D eigenvalue weighted by Crippen LogP contribution is -2.61. The first-order valence-corrected chi connectivity index (χ1v) is 7.57. The van der Waals surface area contributed by atoms with Crippen molar-refractivity contribution in [2.24, 2.45) is 5.92 Å². The standard InChI is InChI=1S/C15H30N2O2/c1-6-19-14(18)15(16-13(4)5)7-9-17(10-8-15)11-12(2)3/h12-13,16H,6-11H2,1-5H3. The molecule has 0 aromatic heterocycles. The minimum atomic E-state index is -0.475. The number of piperidine rings is 1. The van der Waals surface area contributed by atoms with Gasteiger partial charge in [-0.1, -0.05) is 13.8 Å². The molecule has 0 aliphatic carbocycles. The maximum Gasteiger partial charge on any atom is 0.326 e. The molecular weight excluding hydrogens is 240 g/mol. The van der Waals surface area contributed by atoms with E-state index in [2.05, 4.69) is 37.9 Å². The maximum atomic E-state index is 12.3. The lowest BCUT2D eigenvalue weighted by Gasteiger charge is -2.42. The number of nitrogens with one attached hydrogen (secondary N) is 1. The van der Waals surface area contributed by atoms with Crippen molar-refractivity contribution in [3.05, 3.63) is 0 Å². The molecule has 0 amide bonds. The van der Waals surface area contributed by atoms with Gasteiger partial charge < -0.3 is 9.64 Å². The van der Waals surface area contributed by atoms with Crippen LogP contribution in [0.2, 0.25) is 0 Å². The smallest absolute Gasteiger partial charge is 0.326 e. The van der Waals surface area contributed by atoms with Crippen LogP contribution < -0.4 is 5.32 Å². The van der Waals surface area contributed by atoms with E-state index >= 15 is 0 Å². The zero-order valence-corrected chi connectivity index (χ0v) is 13.2. The van der Waals surface area contributed by atoms with Gasteiger partial charge >= 0.3 is 5.97 Å². The van der Waals surface area contributed by atoms with E-state index in [1.54, 1.807) is 0 Å². The number of likely N-dealkylation sites (tertiary alicyclic amines) is 1. The van der Waals surface area contributed by atoms with E-state index in [0.29, 0.717) is 18.6 Å². The van der Waals surface area contributed by atoms with Gasteiger partial charge in [0.1, 0.15) is 5.54 Å². The highest BCUT2D eigenvalue weighted by molar-refractivity contribution is 5.81. The van der Waals surface area contributed by atoms with E-state index in [-0.39, 0.29) is 5.97 Å². The van der Waals surface area contributed by atoms with Crippen LogP contribution in [0.25, 0.3) is 0 Å². The minimum Gasteiger partial charge on any atom is -0.465 e. The Bertz CT molecular complexity index is 282. The van der Waals surface area contributed by atoms with Gasteiger partial charge in [-0.15, -0.1) is 0 Å². The van der Waals surface area contributed by atoms with Crippen LogP contribution in [0.15, 0.2) is 0 Å². The highest BCUT2D eigenvalue weighted by atomic mass is 16.5. The average Bonchev–Trinajstić information content (AvgIpc) is 2.31. The minimum absolute atomic E-state index is 0.0760. The third kappa shape index (κ3) is 4.77. The molecule has 0 aromatic rings. The number of nitrogens with zero attached hydrogens (tertiary/aromatic N) is 1. The Morgan fingerprint density at radius 2 is 1.84 bits per heavy atom. The normalized spacial score (nSPS) is 19.9. The fraction of sp³-hybridized carbons (Fsp3) is 0.933. The molecule has 0 radical (unpaired) electrons. The van der Waals surface area contributed by atoms with E-state index < -0.39 is 5.54 Å². The SMILES string of the molecule is CCOC(=O)C1(NC(C)C)CCN(CC(C)C)CC1. The van der Waals surface area contributed by atoms with Crippen LogP contribution in [-0.2, 0) is 9.53 Å². The van der Waals surface area contributed by atoms with Gasteiger partial charge in [0.15, 0.2) is 0 Å². The molecule has 1 rings (SSSR count). The van der Waals surface area contributed by atoms with Crippen LogP contribution in [0.1, 0.15) is 47.5 Å². The lowest BCUT2D eigenvalue weighted by molar-refractivity contribution is -0.154. The molecule has 1 aliphatic heterocycles. The molecule has 19 heavy (non-hydrogen) atoms. The highest BCUT2D eigenvalue weighted by Crippen LogP contribution is 2.25. The van der Waals surface area contributed by atoms with Gasteiger partial charge in [0, 0.05) is 25.7 Å². The van der Waals surface area contributed by atoms with Crippen molar-refractivity contribution in [2.75, 3.05) is 26.2 Å². The summed E-state index contributed by atoms with van der Waals surface area (Å²) in [7, 11) is 0. The fourth-order valence-corrected chi connectivity index (χ4v) is 2.86. The molecule has 1 N–H and O–H groups in total. The van der Waals surface area contributed by atoms with Gasteiger partial charge in [-0.3, -0.25) is 10.1 Å². The first-order chi connectivity index (χ1) is 8.89. The predicted molar refractivity (Wildman–Crippen MR) is 78.1 cm³/mol. The Labute approximate surface area is 117 Å². The molecule has 1 heterocycles. The summed E-state index contributed by atoms with van der Waals surface area (Å²) in [6.07, 6.45) is 1.69. The van der Waals surface area contributed by atoms with Gasteiger partial charge in [-0.25, -0.2) is 0 Å². The molecule has 4 nitrogen and oxygen atoms in total. The molecule has 0 aromatic carbocycles. The number of ether oxygens (including phenoxy) is 1. The molecule has 0 atom stereocenters. The van der Waals surface area contributed by atoms with Crippen LogP contribution in [0.3, 0.4) is 0 Å². The Balaban J connectivity index is 2.66. The largest absolute Gasteiger partial charge is 0.465 e. The van der Waals surface area contributed by atoms with Crippen molar-refractivity contribution in [3.63, 3.8) is 0 Å². The summed E-state index contributed by atoms with van der Waals surface area (Å²) in [6, 6.07) is 0.293.